The summed E-state index contributed by atoms with van der Waals surface area (Å²) in [5.74, 6) is 0. The molecule has 2 aromatic rings. The first-order valence-electron chi connectivity index (χ1n) is 6.85. The Bertz CT molecular complexity index is 591. The average molecular weight is 270 g/mol. The summed E-state index contributed by atoms with van der Waals surface area (Å²) in [5.41, 5.74) is 2.18. The second-order valence-electron chi connectivity index (χ2n) is 6.14. The smallest absolute Gasteiger partial charge is 0.399 e. The molecule has 0 amide bonds. The standard InChI is InChI=1S/C15H19BN2O2/c1-14(2)15(3,4)20-16(19-14)12-10-17-18-13(12)11-8-6-5-7-9-11/h5-10H,1-4H3,(H,17,18). The highest BCUT2D eigenvalue weighted by atomic mass is 16.7. The summed E-state index contributed by atoms with van der Waals surface area (Å²) < 4.78 is 12.2. The predicted octanol–water partition coefficient (Wildman–Crippen LogP) is 2.38. The largest absolute Gasteiger partial charge is 0.498 e. The van der Waals surface area contributed by atoms with Crippen molar-refractivity contribution < 1.29 is 9.31 Å². The number of hydrogen-bond donors (Lipinski definition) is 1. The molecule has 0 radical (unpaired) electrons. The molecule has 0 atom stereocenters. The van der Waals surface area contributed by atoms with Crippen LogP contribution in [-0.2, 0) is 9.31 Å². The Labute approximate surface area is 119 Å². The molecule has 5 heteroatoms. The zero-order valence-electron chi connectivity index (χ0n) is 12.3. The quantitative estimate of drug-likeness (QED) is 0.852. The fourth-order valence-electron chi connectivity index (χ4n) is 2.28. The van der Waals surface area contributed by atoms with E-state index in [0.717, 1.165) is 16.7 Å². The van der Waals surface area contributed by atoms with Crippen molar-refractivity contribution in [2.24, 2.45) is 0 Å². The van der Waals surface area contributed by atoms with Crippen LogP contribution in [0.4, 0.5) is 0 Å². The van der Waals surface area contributed by atoms with Crippen LogP contribution in [0, 0.1) is 0 Å². The van der Waals surface area contributed by atoms with Gasteiger partial charge in [-0.05, 0) is 27.7 Å². The van der Waals surface area contributed by atoms with Crippen LogP contribution in [0.5, 0.6) is 0 Å². The lowest BCUT2D eigenvalue weighted by molar-refractivity contribution is 0.00578. The van der Waals surface area contributed by atoms with Crippen LogP contribution in [0.3, 0.4) is 0 Å². The highest BCUT2D eigenvalue weighted by Crippen LogP contribution is 2.37. The molecule has 0 bridgehead atoms. The van der Waals surface area contributed by atoms with E-state index in [1.165, 1.54) is 0 Å². The van der Waals surface area contributed by atoms with Gasteiger partial charge in [0.1, 0.15) is 0 Å². The number of benzene rings is 1. The summed E-state index contributed by atoms with van der Waals surface area (Å²) in [5, 5.41) is 7.26. The van der Waals surface area contributed by atoms with Gasteiger partial charge < -0.3 is 9.31 Å². The molecule has 1 aromatic carbocycles. The van der Waals surface area contributed by atoms with Crippen molar-refractivity contribution in [2.75, 3.05) is 0 Å². The number of nitrogens with one attached hydrogen (secondary N) is 1. The zero-order valence-corrected chi connectivity index (χ0v) is 12.3. The first kappa shape index (κ1) is 13.4. The molecular weight excluding hydrogens is 251 g/mol. The number of hydrogen-bond acceptors (Lipinski definition) is 3. The lowest BCUT2D eigenvalue weighted by Crippen LogP contribution is -2.41. The van der Waals surface area contributed by atoms with Gasteiger partial charge in [-0.1, -0.05) is 30.3 Å². The maximum atomic E-state index is 6.09. The van der Waals surface area contributed by atoms with Crippen molar-refractivity contribution >= 4 is 12.6 Å². The van der Waals surface area contributed by atoms with Gasteiger partial charge in [-0.2, -0.15) is 5.10 Å². The Morgan fingerprint density at radius 1 is 1.00 bits per heavy atom. The molecule has 3 rings (SSSR count). The van der Waals surface area contributed by atoms with Crippen LogP contribution in [0.2, 0.25) is 0 Å². The summed E-state index contributed by atoms with van der Waals surface area (Å²) in [4.78, 5) is 0. The molecule has 0 aliphatic carbocycles. The van der Waals surface area contributed by atoms with E-state index in [0.29, 0.717) is 0 Å². The lowest BCUT2D eigenvalue weighted by Gasteiger charge is -2.32. The van der Waals surface area contributed by atoms with Crippen molar-refractivity contribution in [3.8, 4) is 11.3 Å². The van der Waals surface area contributed by atoms with E-state index in [4.69, 9.17) is 9.31 Å². The van der Waals surface area contributed by atoms with Gasteiger partial charge in [0.25, 0.3) is 0 Å². The molecule has 0 unspecified atom stereocenters. The molecule has 0 saturated carbocycles. The fraction of sp³-hybridized carbons (Fsp3) is 0.400. The Morgan fingerprint density at radius 2 is 1.60 bits per heavy atom. The number of H-pyrrole nitrogens is 1. The maximum Gasteiger partial charge on any atom is 0.498 e. The van der Waals surface area contributed by atoms with E-state index in [-0.39, 0.29) is 11.2 Å². The number of aromatic nitrogens is 2. The van der Waals surface area contributed by atoms with Crippen molar-refractivity contribution in [3.05, 3.63) is 36.5 Å². The van der Waals surface area contributed by atoms with Crippen molar-refractivity contribution in [1.82, 2.24) is 10.2 Å². The van der Waals surface area contributed by atoms with Gasteiger partial charge in [0, 0.05) is 17.2 Å². The van der Waals surface area contributed by atoms with Gasteiger partial charge >= 0.3 is 7.12 Å². The Kier molecular flexibility index (Phi) is 2.99. The normalized spacial score (nSPS) is 20.3. The predicted molar refractivity (Wildman–Crippen MR) is 79.7 cm³/mol. The molecule has 0 spiro atoms. The van der Waals surface area contributed by atoms with E-state index < -0.39 is 7.12 Å². The minimum Gasteiger partial charge on any atom is -0.399 e. The van der Waals surface area contributed by atoms with E-state index in [2.05, 4.69) is 37.9 Å². The molecule has 1 N–H and O–H groups in total. The SMILES string of the molecule is CC1(C)OB(c2c[nH]nc2-c2ccccc2)OC1(C)C. The Hall–Kier alpha value is -1.59. The molecule has 1 aliphatic rings. The molecular formula is C15H19BN2O2. The first-order chi connectivity index (χ1) is 9.41. The molecule has 2 heterocycles. The maximum absolute atomic E-state index is 6.09. The summed E-state index contributed by atoms with van der Waals surface area (Å²) in [7, 11) is -0.394. The molecule has 1 saturated heterocycles. The van der Waals surface area contributed by atoms with Gasteiger partial charge in [-0.25, -0.2) is 0 Å². The minimum atomic E-state index is -0.394. The van der Waals surface area contributed by atoms with Crippen molar-refractivity contribution in [3.63, 3.8) is 0 Å². The number of rotatable bonds is 2. The van der Waals surface area contributed by atoms with Crippen molar-refractivity contribution in [2.45, 2.75) is 38.9 Å². The highest BCUT2D eigenvalue weighted by molar-refractivity contribution is 6.63. The molecule has 104 valence electrons. The monoisotopic (exact) mass is 270 g/mol. The van der Waals surface area contributed by atoms with Gasteiger partial charge in [0.15, 0.2) is 0 Å². The van der Waals surface area contributed by atoms with E-state index in [1.807, 2.05) is 36.5 Å². The topological polar surface area (TPSA) is 47.1 Å². The lowest BCUT2D eigenvalue weighted by atomic mass is 9.78. The van der Waals surface area contributed by atoms with Gasteiger partial charge in [-0.15, -0.1) is 0 Å². The van der Waals surface area contributed by atoms with Crippen LogP contribution >= 0.6 is 0 Å². The molecule has 4 nitrogen and oxygen atoms in total. The molecule has 1 fully saturated rings. The zero-order chi connectivity index (χ0) is 14.4. The van der Waals surface area contributed by atoms with E-state index >= 15 is 0 Å². The number of aromatic amines is 1. The fourth-order valence-corrected chi connectivity index (χ4v) is 2.28. The van der Waals surface area contributed by atoms with Crippen LogP contribution < -0.4 is 5.46 Å². The number of nitrogens with zero attached hydrogens (tertiary/aromatic N) is 1. The van der Waals surface area contributed by atoms with Crippen molar-refractivity contribution in [1.29, 1.82) is 0 Å². The Morgan fingerprint density at radius 3 is 2.20 bits per heavy atom. The van der Waals surface area contributed by atoms with Gasteiger partial charge in [-0.3, -0.25) is 5.10 Å². The molecule has 1 aromatic heterocycles. The summed E-state index contributed by atoms with van der Waals surface area (Å²) in [6.45, 7) is 8.20. The van der Waals surface area contributed by atoms with E-state index in [9.17, 15) is 0 Å². The average Bonchev–Trinajstić information content (AvgIpc) is 2.94. The van der Waals surface area contributed by atoms with Crippen LogP contribution in [0.25, 0.3) is 11.3 Å². The molecule has 1 aliphatic heterocycles. The highest BCUT2D eigenvalue weighted by Gasteiger charge is 2.52. The summed E-state index contributed by atoms with van der Waals surface area (Å²) >= 11 is 0. The third-order valence-corrected chi connectivity index (χ3v) is 4.22. The minimum absolute atomic E-state index is 0.344. The second-order valence-corrected chi connectivity index (χ2v) is 6.14. The van der Waals surface area contributed by atoms with Gasteiger partial charge in [0.2, 0.25) is 0 Å². The third kappa shape index (κ3) is 2.07. The summed E-state index contributed by atoms with van der Waals surface area (Å²) in [6, 6.07) is 10.1. The molecule has 20 heavy (non-hydrogen) atoms. The van der Waals surface area contributed by atoms with Gasteiger partial charge in [0.05, 0.1) is 16.9 Å². The van der Waals surface area contributed by atoms with E-state index in [1.54, 1.807) is 0 Å². The van der Waals surface area contributed by atoms with Crippen LogP contribution in [0.15, 0.2) is 36.5 Å². The summed E-state index contributed by atoms with van der Waals surface area (Å²) in [6.07, 6.45) is 1.85. The third-order valence-electron chi connectivity index (χ3n) is 4.22. The van der Waals surface area contributed by atoms with Crippen LogP contribution in [-0.4, -0.2) is 28.5 Å². The van der Waals surface area contributed by atoms with Crippen LogP contribution in [0.1, 0.15) is 27.7 Å². The second kappa shape index (κ2) is 4.47. The first-order valence-corrected chi connectivity index (χ1v) is 6.85. The Balaban J connectivity index is 1.96.